The number of carbonyl (C=O) groups excluding carboxylic acids is 1. The van der Waals surface area contributed by atoms with Gasteiger partial charge in [-0.1, -0.05) is 11.6 Å². The van der Waals surface area contributed by atoms with Gasteiger partial charge < -0.3 is 14.4 Å². The molecule has 0 N–H and O–H groups in total. The summed E-state index contributed by atoms with van der Waals surface area (Å²) in [5.74, 6) is 0.513. The van der Waals surface area contributed by atoms with Crippen molar-refractivity contribution < 1.29 is 14.3 Å². The van der Waals surface area contributed by atoms with E-state index < -0.39 is 0 Å². The number of hydrogen-bond acceptors (Lipinski definition) is 4. The van der Waals surface area contributed by atoms with E-state index in [-0.39, 0.29) is 24.7 Å². The summed E-state index contributed by atoms with van der Waals surface area (Å²) in [6.07, 6.45) is 1.76. The predicted molar refractivity (Wildman–Crippen MR) is 88.8 cm³/mol. The number of carbonyl (C=O) groups is 1. The number of benzene rings is 1. The fourth-order valence-corrected chi connectivity index (χ4v) is 3.06. The van der Waals surface area contributed by atoms with Crippen LogP contribution in [0, 0.1) is 0 Å². The third-order valence-corrected chi connectivity index (χ3v) is 4.13. The largest absolute Gasteiger partial charge is 0.481 e. The molecule has 5 nitrogen and oxygen atoms in total. The summed E-state index contributed by atoms with van der Waals surface area (Å²) in [7, 11) is 0. The van der Waals surface area contributed by atoms with E-state index in [2.05, 4.69) is 4.98 Å². The summed E-state index contributed by atoms with van der Waals surface area (Å²) in [6.45, 7) is 5.09. The molecule has 122 valence electrons. The van der Waals surface area contributed by atoms with Crippen LogP contribution in [0.2, 0.25) is 5.02 Å². The van der Waals surface area contributed by atoms with E-state index in [1.807, 2.05) is 26.0 Å². The summed E-state index contributed by atoms with van der Waals surface area (Å²) in [5, 5.41) is 1.43. The quantitative estimate of drug-likeness (QED) is 0.866. The number of morpholine rings is 1. The van der Waals surface area contributed by atoms with E-state index in [1.165, 1.54) is 0 Å². The summed E-state index contributed by atoms with van der Waals surface area (Å²) in [6, 6.07) is 7.20. The Hall–Kier alpha value is -1.85. The van der Waals surface area contributed by atoms with Crippen molar-refractivity contribution in [3.8, 4) is 5.75 Å². The summed E-state index contributed by atoms with van der Waals surface area (Å²) in [4.78, 5) is 18.4. The van der Waals surface area contributed by atoms with E-state index in [0.717, 1.165) is 5.39 Å². The Morgan fingerprint density at radius 2 is 2.09 bits per heavy atom. The normalized spacial score (nSPS) is 21.4. The van der Waals surface area contributed by atoms with Gasteiger partial charge >= 0.3 is 0 Å². The Labute approximate surface area is 140 Å². The fourth-order valence-electron chi connectivity index (χ4n) is 2.84. The number of aromatic nitrogens is 1. The molecule has 1 aromatic heterocycles. The summed E-state index contributed by atoms with van der Waals surface area (Å²) < 4.78 is 11.3. The number of ether oxygens (including phenoxy) is 2. The molecule has 1 saturated heterocycles. The van der Waals surface area contributed by atoms with E-state index >= 15 is 0 Å². The molecule has 3 rings (SSSR count). The van der Waals surface area contributed by atoms with Gasteiger partial charge in [-0.05, 0) is 38.1 Å². The molecule has 0 bridgehead atoms. The fraction of sp³-hybridized carbons (Fsp3) is 0.412. The first-order valence-corrected chi connectivity index (χ1v) is 8.01. The third kappa shape index (κ3) is 3.57. The van der Waals surface area contributed by atoms with Crippen molar-refractivity contribution in [2.45, 2.75) is 26.1 Å². The van der Waals surface area contributed by atoms with E-state index in [4.69, 9.17) is 21.1 Å². The van der Waals surface area contributed by atoms with Crippen molar-refractivity contribution in [2.75, 3.05) is 19.7 Å². The Morgan fingerprint density at radius 3 is 2.83 bits per heavy atom. The predicted octanol–water partition coefficient (Wildman–Crippen LogP) is 2.90. The number of rotatable bonds is 3. The van der Waals surface area contributed by atoms with Crippen LogP contribution < -0.4 is 4.74 Å². The van der Waals surface area contributed by atoms with Gasteiger partial charge in [-0.15, -0.1) is 0 Å². The molecule has 6 heteroatoms. The zero-order chi connectivity index (χ0) is 16.4. The van der Waals surface area contributed by atoms with Gasteiger partial charge in [0.1, 0.15) is 11.3 Å². The number of amides is 1. The van der Waals surface area contributed by atoms with Gasteiger partial charge in [0.15, 0.2) is 6.61 Å². The molecule has 0 saturated carbocycles. The first-order chi connectivity index (χ1) is 11.0. The standard InChI is InChI=1S/C17H19ClN2O3/c1-11-8-20(9-12(2)23-11)16(21)10-22-15-6-5-14(18)13-4-3-7-19-17(13)15/h3-7,11-12H,8-10H2,1-2H3/t11-,12-/m1/s1. The van der Waals surface area contributed by atoms with E-state index in [0.29, 0.717) is 29.4 Å². The molecule has 1 amide bonds. The molecule has 0 unspecified atom stereocenters. The second-order valence-corrected chi connectivity index (χ2v) is 6.20. The first kappa shape index (κ1) is 16.0. The Morgan fingerprint density at radius 1 is 1.35 bits per heavy atom. The second kappa shape index (κ2) is 6.72. The van der Waals surface area contributed by atoms with Crippen LogP contribution in [0.4, 0.5) is 0 Å². The molecular weight excluding hydrogens is 316 g/mol. The second-order valence-electron chi connectivity index (χ2n) is 5.79. The number of halogens is 1. The van der Waals surface area contributed by atoms with Crippen molar-refractivity contribution in [1.29, 1.82) is 0 Å². The van der Waals surface area contributed by atoms with Crippen LogP contribution >= 0.6 is 11.6 Å². The van der Waals surface area contributed by atoms with Gasteiger partial charge in [0, 0.05) is 24.7 Å². The summed E-state index contributed by atoms with van der Waals surface area (Å²) >= 11 is 6.16. The average Bonchev–Trinajstić information content (AvgIpc) is 2.53. The van der Waals surface area contributed by atoms with Crippen molar-refractivity contribution in [3.05, 3.63) is 35.5 Å². The lowest BCUT2D eigenvalue weighted by Crippen LogP contribution is -2.49. The highest BCUT2D eigenvalue weighted by Crippen LogP contribution is 2.29. The molecule has 2 heterocycles. The minimum atomic E-state index is -0.0500. The number of fused-ring (bicyclic) bond motifs is 1. The maximum atomic E-state index is 12.4. The molecule has 0 spiro atoms. The Bertz CT molecular complexity index is 712. The van der Waals surface area contributed by atoms with Gasteiger partial charge in [-0.25, -0.2) is 0 Å². The number of hydrogen-bond donors (Lipinski definition) is 0. The topological polar surface area (TPSA) is 51.7 Å². The van der Waals surface area contributed by atoms with Crippen LogP contribution in [-0.2, 0) is 9.53 Å². The third-order valence-electron chi connectivity index (χ3n) is 3.80. The van der Waals surface area contributed by atoms with Crippen LogP contribution in [0.1, 0.15) is 13.8 Å². The van der Waals surface area contributed by atoms with Crippen LogP contribution in [0.15, 0.2) is 30.5 Å². The Balaban J connectivity index is 1.71. The van der Waals surface area contributed by atoms with Crippen LogP contribution in [0.25, 0.3) is 10.9 Å². The van der Waals surface area contributed by atoms with Gasteiger partial charge in [-0.3, -0.25) is 9.78 Å². The lowest BCUT2D eigenvalue weighted by molar-refractivity contribution is -0.145. The summed E-state index contributed by atoms with van der Waals surface area (Å²) in [5.41, 5.74) is 0.663. The minimum absolute atomic E-state index is 0.0211. The molecular formula is C17H19ClN2O3. The smallest absolute Gasteiger partial charge is 0.260 e. The molecule has 1 fully saturated rings. The van der Waals surface area contributed by atoms with Gasteiger partial charge in [0.25, 0.3) is 5.91 Å². The highest BCUT2D eigenvalue weighted by molar-refractivity contribution is 6.35. The maximum absolute atomic E-state index is 12.4. The van der Waals surface area contributed by atoms with Gasteiger partial charge in [0.2, 0.25) is 0 Å². The molecule has 0 aliphatic carbocycles. The molecule has 2 aromatic rings. The lowest BCUT2D eigenvalue weighted by atomic mass is 10.2. The van der Waals surface area contributed by atoms with Crippen LogP contribution in [0.5, 0.6) is 5.75 Å². The lowest BCUT2D eigenvalue weighted by Gasteiger charge is -2.35. The van der Waals surface area contributed by atoms with Crippen molar-refractivity contribution in [2.24, 2.45) is 0 Å². The molecule has 2 atom stereocenters. The minimum Gasteiger partial charge on any atom is -0.481 e. The molecule has 1 aliphatic heterocycles. The zero-order valence-corrected chi connectivity index (χ0v) is 13.9. The highest BCUT2D eigenvalue weighted by Gasteiger charge is 2.26. The van der Waals surface area contributed by atoms with E-state index in [1.54, 1.807) is 23.2 Å². The SMILES string of the molecule is C[C@@H]1CN(C(=O)COc2ccc(Cl)c3cccnc23)C[C@@H](C)O1. The molecule has 1 aliphatic rings. The monoisotopic (exact) mass is 334 g/mol. The van der Waals surface area contributed by atoms with Crippen molar-refractivity contribution >= 4 is 28.4 Å². The number of pyridine rings is 1. The van der Waals surface area contributed by atoms with Gasteiger partial charge in [0.05, 0.1) is 17.2 Å². The molecule has 23 heavy (non-hydrogen) atoms. The van der Waals surface area contributed by atoms with Crippen LogP contribution in [0.3, 0.4) is 0 Å². The van der Waals surface area contributed by atoms with Gasteiger partial charge in [-0.2, -0.15) is 0 Å². The molecule has 0 radical (unpaired) electrons. The Kier molecular flexibility index (Phi) is 4.68. The zero-order valence-electron chi connectivity index (χ0n) is 13.2. The molecule has 1 aromatic carbocycles. The average molecular weight is 335 g/mol. The van der Waals surface area contributed by atoms with Crippen molar-refractivity contribution in [1.82, 2.24) is 9.88 Å². The first-order valence-electron chi connectivity index (χ1n) is 7.64. The van der Waals surface area contributed by atoms with E-state index in [9.17, 15) is 4.79 Å². The highest BCUT2D eigenvalue weighted by atomic mass is 35.5. The van der Waals surface area contributed by atoms with Crippen LogP contribution in [-0.4, -0.2) is 47.7 Å². The maximum Gasteiger partial charge on any atom is 0.260 e. The van der Waals surface area contributed by atoms with Crippen molar-refractivity contribution in [3.63, 3.8) is 0 Å². The number of nitrogens with zero attached hydrogens (tertiary/aromatic N) is 2.